The van der Waals surface area contributed by atoms with Gasteiger partial charge in [-0.2, -0.15) is 0 Å². The molecule has 1 N–H and O–H groups in total. The molecule has 0 saturated heterocycles. The molecule has 0 heterocycles. The fraction of sp³-hybridized carbons (Fsp3) is 0.467. The lowest BCUT2D eigenvalue weighted by atomic mass is 9.97. The van der Waals surface area contributed by atoms with Crippen LogP contribution in [0, 0.1) is 0 Å². The molecule has 0 radical (unpaired) electrons. The van der Waals surface area contributed by atoms with Crippen molar-refractivity contribution in [1.29, 1.82) is 0 Å². The van der Waals surface area contributed by atoms with E-state index < -0.39 is 11.9 Å². The Hall–Kier alpha value is -1.88. The van der Waals surface area contributed by atoms with E-state index in [2.05, 4.69) is 0 Å². The van der Waals surface area contributed by atoms with Crippen LogP contribution < -0.4 is 0 Å². The predicted octanol–water partition coefficient (Wildman–Crippen LogP) is 1.96. The number of carbonyl (C=O) groups excluding carboxylic acids is 2. The first-order chi connectivity index (χ1) is 9.65. The molecule has 1 aromatic carbocycles. The molecule has 0 fully saturated rings. The van der Waals surface area contributed by atoms with Crippen LogP contribution in [-0.4, -0.2) is 36.9 Å². The van der Waals surface area contributed by atoms with Gasteiger partial charge in [0.1, 0.15) is 0 Å². The van der Waals surface area contributed by atoms with Gasteiger partial charge in [0.2, 0.25) is 0 Å². The minimum Gasteiger partial charge on any atom is -0.462 e. The first kappa shape index (κ1) is 16.2. The van der Waals surface area contributed by atoms with E-state index in [0.717, 1.165) is 0 Å². The molecule has 20 heavy (non-hydrogen) atoms. The van der Waals surface area contributed by atoms with E-state index >= 15 is 0 Å². The number of aryl methyl sites for hydroxylation is 1. The molecule has 5 nitrogen and oxygen atoms in total. The molecule has 0 amide bonds. The molecule has 0 saturated carbocycles. The van der Waals surface area contributed by atoms with Crippen molar-refractivity contribution < 1.29 is 24.2 Å². The van der Waals surface area contributed by atoms with Crippen molar-refractivity contribution in [1.82, 2.24) is 0 Å². The average molecular weight is 280 g/mol. The fourth-order valence-corrected chi connectivity index (χ4v) is 1.90. The van der Waals surface area contributed by atoms with Gasteiger partial charge in [0, 0.05) is 6.61 Å². The van der Waals surface area contributed by atoms with Crippen LogP contribution in [0.15, 0.2) is 18.2 Å². The van der Waals surface area contributed by atoms with Gasteiger partial charge in [-0.3, -0.25) is 0 Å². The monoisotopic (exact) mass is 280 g/mol. The molecule has 110 valence electrons. The van der Waals surface area contributed by atoms with Crippen molar-refractivity contribution in [2.75, 3.05) is 19.8 Å². The summed E-state index contributed by atoms with van der Waals surface area (Å²) >= 11 is 0. The number of rotatable bonds is 7. The molecule has 0 unspecified atom stereocenters. The molecule has 0 bridgehead atoms. The van der Waals surface area contributed by atoms with E-state index in [9.17, 15) is 9.59 Å². The number of ether oxygens (including phenoxy) is 2. The molecule has 5 heteroatoms. The van der Waals surface area contributed by atoms with Crippen molar-refractivity contribution >= 4 is 11.9 Å². The van der Waals surface area contributed by atoms with Gasteiger partial charge in [0.25, 0.3) is 0 Å². The Balaban J connectivity index is 3.20. The third-order valence-corrected chi connectivity index (χ3v) is 2.73. The lowest BCUT2D eigenvalue weighted by Gasteiger charge is -2.12. The van der Waals surface area contributed by atoms with Gasteiger partial charge < -0.3 is 14.6 Å². The molecular weight excluding hydrogens is 260 g/mol. The van der Waals surface area contributed by atoms with Gasteiger partial charge in [-0.15, -0.1) is 0 Å². The maximum atomic E-state index is 12.1. The Labute approximate surface area is 118 Å². The summed E-state index contributed by atoms with van der Waals surface area (Å²) in [7, 11) is 0. The molecule has 0 aliphatic rings. The smallest absolute Gasteiger partial charge is 0.339 e. The molecule has 0 aromatic heterocycles. The minimum atomic E-state index is -0.540. The lowest BCUT2D eigenvalue weighted by Crippen LogP contribution is -2.16. The summed E-state index contributed by atoms with van der Waals surface area (Å²) in [5.74, 6) is -1.08. The van der Waals surface area contributed by atoms with Crippen LogP contribution in [0.25, 0.3) is 0 Å². The highest BCUT2D eigenvalue weighted by molar-refractivity contribution is 6.04. The fourth-order valence-electron chi connectivity index (χ4n) is 1.90. The second-order valence-electron chi connectivity index (χ2n) is 4.11. The standard InChI is InChI=1S/C15H20O5/c1-3-19-14(17)12-9-5-7-11(8-6-10-16)13(12)15(18)20-4-2/h5,7,9,16H,3-4,6,8,10H2,1-2H3. The van der Waals surface area contributed by atoms with Gasteiger partial charge >= 0.3 is 11.9 Å². The van der Waals surface area contributed by atoms with Gasteiger partial charge in [-0.1, -0.05) is 12.1 Å². The van der Waals surface area contributed by atoms with E-state index in [4.69, 9.17) is 14.6 Å². The van der Waals surface area contributed by atoms with Crippen molar-refractivity contribution in [2.45, 2.75) is 26.7 Å². The molecule has 0 atom stereocenters. The first-order valence-corrected chi connectivity index (χ1v) is 6.72. The normalized spacial score (nSPS) is 10.2. The zero-order valence-corrected chi connectivity index (χ0v) is 11.8. The number of hydrogen-bond donors (Lipinski definition) is 1. The zero-order valence-electron chi connectivity index (χ0n) is 11.8. The van der Waals surface area contributed by atoms with Crippen LogP contribution >= 0.6 is 0 Å². The van der Waals surface area contributed by atoms with Crippen molar-refractivity contribution in [2.24, 2.45) is 0 Å². The number of hydrogen-bond acceptors (Lipinski definition) is 5. The SMILES string of the molecule is CCOC(=O)c1cccc(CCCO)c1C(=O)OCC. The quantitative estimate of drug-likeness (QED) is 0.773. The minimum absolute atomic E-state index is 0.0197. The third kappa shape index (κ3) is 4.06. The van der Waals surface area contributed by atoms with Crippen molar-refractivity contribution in [3.05, 3.63) is 34.9 Å². The van der Waals surface area contributed by atoms with Gasteiger partial charge in [-0.05, 0) is 38.3 Å². The summed E-state index contributed by atoms with van der Waals surface area (Å²) in [6, 6.07) is 5.00. The summed E-state index contributed by atoms with van der Waals surface area (Å²) < 4.78 is 9.97. The van der Waals surface area contributed by atoms with Gasteiger partial charge in [0.05, 0.1) is 24.3 Å². The van der Waals surface area contributed by atoms with E-state index in [0.29, 0.717) is 18.4 Å². The Morgan fingerprint density at radius 3 is 2.35 bits per heavy atom. The Morgan fingerprint density at radius 1 is 1.10 bits per heavy atom. The number of benzene rings is 1. The number of aliphatic hydroxyl groups is 1. The van der Waals surface area contributed by atoms with Crippen LogP contribution in [0.4, 0.5) is 0 Å². The summed E-state index contributed by atoms with van der Waals surface area (Å²) in [5, 5.41) is 8.92. The van der Waals surface area contributed by atoms with Crippen LogP contribution in [0.2, 0.25) is 0 Å². The highest BCUT2D eigenvalue weighted by Gasteiger charge is 2.22. The molecule has 0 aliphatic carbocycles. The van der Waals surface area contributed by atoms with Crippen molar-refractivity contribution in [3.63, 3.8) is 0 Å². The highest BCUT2D eigenvalue weighted by atomic mass is 16.5. The van der Waals surface area contributed by atoms with E-state index in [1.165, 1.54) is 0 Å². The highest BCUT2D eigenvalue weighted by Crippen LogP contribution is 2.19. The maximum absolute atomic E-state index is 12.1. The molecule has 1 rings (SSSR count). The van der Waals surface area contributed by atoms with E-state index in [1.807, 2.05) is 0 Å². The average Bonchev–Trinajstić information content (AvgIpc) is 2.45. The maximum Gasteiger partial charge on any atom is 0.339 e. The molecular formula is C15H20O5. The predicted molar refractivity (Wildman–Crippen MR) is 73.8 cm³/mol. The van der Waals surface area contributed by atoms with Crippen molar-refractivity contribution in [3.8, 4) is 0 Å². The summed E-state index contributed by atoms with van der Waals surface area (Å²) in [6.45, 7) is 3.90. The largest absolute Gasteiger partial charge is 0.462 e. The van der Waals surface area contributed by atoms with E-state index in [1.54, 1.807) is 32.0 Å². The Bertz CT molecular complexity index is 467. The summed E-state index contributed by atoms with van der Waals surface area (Å²) in [4.78, 5) is 24.0. The first-order valence-electron chi connectivity index (χ1n) is 6.72. The third-order valence-electron chi connectivity index (χ3n) is 2.73. The lowest BCUT2D eigenvalue weighted by molar-refractivity contribution is 0.0477. The van der Waals surface area contributed by atoms with Crippen LogP contribution in [0.3, 0.4) is 0 Å². The second-order valence-corrected chi connectivity index (χ2v) is 4.11. The Morgan fingerprint density at radius 2 is 1.75 bits per heavy atom. The number of esters is 2. The van der Waals surface area contributed by atoms with Gasteiger partial charge in [-0.25, -0.2) is 9.59 Å². The van der Waals surface area contributed by atoms with E-state index in [-0.39, 0.29) is 30.9 Å². The number of carbonyl (C=O) groups is 2. The summed E-state index contributed by atoms with van der Waals surface area (Å²) in [5.41, 5.74) is 1.13. The van der Waals surface area contributed by atoms with Gasteiger partial charge in [0.15, 0.2) is 0 Å². The Kier molecular flexibility index (Phi) is 6.73. The number of aliphatic hydroxyl groups excluding tert-OH is 1. The molecule has 0 spiro atoms. The second kappa shape index (κ2) is 8.32. The molecule has 0 aliphatic heterocycles. The molecule has 1 aromatic rings. The topological polar surface area (TPSA) is 72.8 Å². The zero-order chi connectivity index (χ0) is 15.0. The summed E-state index contributed by atoms with van der Waals surface area (Å²) in [6.07, 6.45) is 1.01. The van der Waals surface area contributed by atoms with Crippen LogP contribution in [0.5, 0.6) is 0 Å². The van der Waals surface area contributed by atoms with Crippen LogP contribution in [-0.2, 0) is 15.9 Å². The van der Waals surface area contributed by atoms with Crippen LogP contribution in [0.1, 0.15) is 46.5 Å².